The minimum absolute atomic E-state index is 0.0845. The molecule has 0 atom stereocenters. The van der Waals surface area contributed by atoms with Crippen LogP contribution in [0.3, 0.4) is 0 Å². The van der Waals surface area contributed by atoms with Crippen LogP contribution < -0.4 is 5.56 Å². The maximum Gasteiger partial charge on any atom is 0.342 e. The number of hydrogen-bond acceptors (Lipinski definition) is 6. The molecule has 0 spiro atoms. The minimum Gasteiger partial charge on any atom is -0.507 e. The van der Waals surface area contributed by atoms with Crippen LogP contribution in [0.1, 0.15) is 32.2 Å². The average molecular weight is 344 g/mol. The van der Waals surface area contributed by atoms with Crippen LogP contribution >= 0.6 is 11.3 Å². The molecule has 7 heteroatoms. The molecule has 0 saturated heterocycles. The van der Waals surface area contributed by atoms with Gasteiger partial charge in [0.2, 0.25) is 0 Å². The molecule has 0 aliphatic heterocycles. The number of fused-ring (bicyclic) bond motifs is 1. The maximum absolute atomic E-state index is 12.2. The zero-order valence-corrected chi connectivity index (χ0v) is 14.3. The molecule has 0 aliphatic carbocycles. The van der Waals surface area contributed by atoms with Crippen LogP contribution in [0.5, 0.6) is 5.75 Å². The number of carbonyl (C=O) groups excluding carboxylic acids is 1. The number of phenolic OH excluding ortho intramolecular Hbond substituents is 1. The molecule has 0 bridgehead atoms. The number of phenols is 1. The highest BCUT2D eigenvalue weighted by atomic mass is 32.1. The molecule has 1 aromatic carbocycles. The number of ether oxygens (including phenoxy) is 1. The van der Waals surface area contributed by atoms with Gasteiger partial charge in [0, 0.05) is 4.88 Å². The third-order valence-corrected chi connectivity index (χ3v) is 4.99. The van der Waals surface area contributed by atoms with Crippen molar-refractivity contribution >= 4 is 27.5 Å². The van der Waals surface area contributed by atoms with E-state index in [1.165, 1.54) is 17.4 Å². The highest BCUT2D eigenvalue weighted by Gasteiger charge is 2.16. The highest BCUT2D eigenvalue weighted by molar-refractivity contribution is 7.18. The van der Waals surface area contributed by atoms with E-state index in [9.17, 15) is 14.7 Å². The number of thiophene rings is 1. The van der Waals surface area contributed by atoms with Gasteiger partial charge in [-0.2, -0.15) is 0 Å². The smallest absolute Gasteiger partial charge is 0.342 e. The summed E-state index contributed by atoms with van der Waals surface area (Å²) in [7, 11) is 0. The second-order valence-electron chi connectivity index (χ2n) is 5.52. The first-order valence-corrected chi connectivity index (χ1v) is 8.14. The fourth-order valence-corrected chi connectivity index (χ4v) is 3.45. The van der Waals surface area contributed by atoms with Gasteiger partial charge in [0.1, 0.15) is 28.6 Å². The van der Waals surface area contributed by atoms with E-state index in [1.54, 1.807) is 19.1 Å². The summed E-state index contributed by atoms with van der Waals surface area (Å²) in [6.07, 6.45) is 0. The van der Waals surface area contributed by atoms with Crippen LogP contribution in [0.2, 0.25) is 0 Å². The number of aryl methyl sites for hydroxylation is 3. The fraction of sp³-hybridized carbons (Fsp3) is 0.235. The van der Waals surface area contributed by atoms with Crippen molar-refractivity contribution < 1.29 is 14.6 Å². The summed E-state index contributed by atoms with van der Waals surface area (Å²) in [5.74, 6) is -0.504. The SMILES string of the molecule is Cc1cccc(C(=O)OCc2nc3sc(C)c(C)c3c(=O)[nH]2)c1O. The molecule has 0 saturated carbocycles. The molecular formula is C17H16N2O4S. The number of benzene rings is 1. The molecule has 3 aromatic rings. The van der Waals surface area contributed by atoms with Crippen molar-refractivity contribution in [3.8, 4) is 5.75 Å². The zero-order valence-electron chi connectivity index (χ0n) is 13.5. The molecule has 0 amide bonds. The number of esters is 1. The van der Waals surface area contributed by atoms with Gasteiger partial charge in [-0.05, 0) is 38.0 Å². The Hall–Kier alpha value is -2.67. The second-order valence-corrected chi connectivity index (χ2v) is 6.73. The topological polar surface area (TPSA) is 92.3 Å². The van der Waals surface area contributed by atoms with Crippen molar-refractivity contribution in [2.75, 3.05) is 0 Å². The molecule has 2 aromatic heterocycles. The Morgan fingerprint density at radius 1 is 1.33 bits per heavy atom. The van der Waals surface area contributed by atoms with Crippen LogP contribution in [0.15, 0.2) is 23.0 Å². The van der Waals surface area contributed by atoms with E-state index in [4.69, 9.17) is 4.74 Å². The summed E-state index contributed by atoms with van der Waals surface area (Å²) < 4.78 is 5.16. The van der Waals surface area contributed by atoms with Crippen LogP contribution in [-0.2, 0) is 11.3 Å². The number of aromatic nitrogens is 2. The molecule has 2 heterocycles. The van der Waals surface area contributed by atoms with Crippen molar-refractivity contribution in [3.63, 3.8) is 0 Å². The molecule has 0 unspecified atom stereocenters. The zero-order chi connectivity index (χ0) is 17.4. The lowest BCUT2D eigenvalue weighted by molar-refractivity contribution is 0.0459. The van der Waals surface area contributed by atoms with Gasteiger partial charge in [-0.3, -0.25) is 4.79 Å². The van der Waals surface area contributed by atoms with Gasteiger partial charge in [0.05, 0.1) is 5.39 Å². The highest BCUT2D eigenvalue weighted by Crippen LogP contribution is 2.26. The van der Waals surface area contributed by atoms with E-state index in [2.05, 4.69) is 9.97 Å². The summed E-state index contributed by atoms with van der Waals surface area (Å²) in [4.78, 5) is 32.9. The van der Waals surface area contributed by atoms with E-state index in [0.717, 1.165) is 10.4 Å². The van der Waals surface area contributed by atoms with Crippen LogP contribution in [-0.4, -0.2) is 21.0 Å². The number of hydrogen-bond donors (Lipinski definition) is 2. The Labute approximate surface area is 141 Å². The predicted molar refractivity (Wildman–Crippen MR) is 91.7 cm³/mol. The summed E-state index contributed by atoms with van der Waals surface area (Å²) in [5.41, 5.74) is 1.34. The van der Waals surface area contributed by atoms with Crippen LogP contribution in [0, 0.1) is 20.8 Å². The molecule has 2 N–H and O–H groups in total. The van der Waals surface area contributed by atoms with Crippen molar-refractivity contribution in [3.05, 3.63) is 55.9 Å². The quantitative estimate of drug-likeness (QED) is 0.713. The van der Waals surface area contributed by atoms with Gasteiger partial charge >= 0.3 is 5.97 Å². The normalized spacial score (nSPS) is 11.0. The molecule has 124 valence electrons. The van der Waals surface area contributed by atoms with E-state index in [1.807, 2.05) is 13.8 Å². The lowest BCUT2D eigenvalue weighted by Crippen LogP contribution is -2.14. The van der Waals surface area contributed by atoms with Crippen molar-refractivity contribution in [2.24, 2.45) is 0 Å². The number of aromatic hydroxyl groups is 1. The number of rotatable bonds is 3. The first-order chi connectivity index (χ1) is 11.4. The molecule has 24 heavy (non-hydrogen) atoms. The number of para-hydroxylation sites is 1. The standard InChI is InChI=1S/C17H16N2O4S/c1-8-5-4-6-11(14(8)20)17(22)23-7-12-18-15(21)13-9(2)10(3)24-16(13)19-12/h4-6,20H,7H2,1-3H3,(H,18,19,21). The average Bonchev–Trinajstić information content (AvgIpc) is 2.82. The lowest BCUT2D eigenvalue weighted by Gasteiger charge is -2.07. The van der Waals surface area contributed by atoms with E-state index in [0.29, 0.717) is 15.8 Å². The van der Waals surface area contributed by atoms with Gasteiger partial charge in [-0.25, -0.2) is 9.78 Å². The number of aromatic amines is 1. The second kappa shape index (κ2) is 6.09. The van der Waals surface area contributed by atoms with E-state index in [-0.39, 0.29) is 29.3 Å². The van der Waals surface area contributed by atoms with Crippen molar-refractivity contribution in [1.82, 2.24) is 9.97 Å². The number of H-pyrrole nitrogens is 1. The summed E-state index contributed by atoms with van der Waals surface area (Å²) in [5, 5.41) is 10.5. The molecule has 0 radical (unpaired) electrons. The van der Waals surface area contributed by atoms with Gasteiger partial charge < -0.3 is 14.8 Å². The fourth-order valence-electron chi connectivity index (χ4n) is 2.40. The van der Waals surface area contributed by atoms with E-state index < -0.39 is 5.97 Å². The van der Waals surface area contributed by atoms with Crippen molar-refractivity contribution in [2.45, 2.75) is 27.4 Å². The van der Waals surface area contributed by atoms with Gasteiger partial charge in [0.15, 0.2) is 0 Å². The monoisotopic (exact) mass is 344 g/mol. The molecular weight excluding hydrogens is 328 g/mol. The predicted octanol–water partition coefficient (Wildman–Crippen LogP) is 2.97. The Morgan fingerprint density at radius 3 is 2.83 bits per heavy atom. The van der Waals surface area contributed by atoms with Gasteiger partial charge in [-0.15, -0.1) is 11.3 Å². The lowest BCUT2D eigenvalue weighted by atomic mass is 10.1. The number of carbonyl (C=O) groups is 1. The Morgan fingerprint density at radius 2 is 2.08 bits per heavy atom. The first kappa shape index (κ1) is 16.2. The van der Waals surface area contributed by atoms with Crippen LogP contribution in [0.4, 0.5) is 0 Å². The summed E-state index contributed by atoms with van der Waals surface area (Å²) in [6, 6.07) is 4.84. The minimum atomic E-state index is -0.669. The van der Waals surface area contributed by atoms with Gasteiger partial charge in [-0.1, -0.05) is 12.1 Å². The summed E-state index contributed by atoms with van der Waals surface area (Å²) in [6.45, 7) is 5.33. The maximum atomic E-state index is 12.2. The Balaban J connectivity index is 1.84. The molecule has 0 aliphatic rings. The number of nitrogens with one attached hydrogen (secondary N) is 1. The Bertz CT molecular complexity index is 1000. The van der Waals surface area contributed by atoms with E-state index >= 15 is 0 Å². The summed E-state index contributed by atoms with van der Waals surface area (Å²) >= 11 is 1.43. The van der Waals surface area contributed by atoms with Crippen molar-refractivity contribution in [1.29, 1.82) is 0 Å². The molecule has 6 nitrogen and oxygen atoms in total. The number of nitrogens with zero attached hydrogens (tertiary/aromatic N) is 1. The third-order valence-electron chi connectivity index (χ3n) is 3.89. The molecule has 3 rings (SSSR count). The largest absolute Gasteiger partial charge is 0.507 e. The third kappa shape index (κ3) is 2.78. The Kier molecular flexibility index (Phi) is 4.11. The van der Waals surface area contributed by atoms with Gasteiger partial charge in [0.25, 0.3) is 5.56 Å². The molecule has 0 fully saturated rings. The first-order valence-electron chi connectivity index (χ1n) is 7.33. The van der Waals surface area contributed by atoms with Crippen LogP contribution in [0.25, 0.3) is 10.2 Å².